The molecule has 0 aromatic heterocycles. The standard InChI is InChI=1S/C6H7.3CH3.Fe/c1-6-4-2-3-5-6;;;;/h2-5H,1H3;3*1H3;/q4*-1;+4. The van der Waals surface area contributed by atoms with E-state index in [1.54, 1.807) is 0 Å². The minimum Gasteiger partial charge on any atom is -0.358 e. The van der Waals surface area contributed by atoms with Gasteiger partial charge >= 0.3 is 17.1 Å². The molecule has 0 spiro atoms. The van der Waals surface area contributed by atoms with Gasteiger partial charge in [0, 0.05) is 0 Å². The Labute approximate surface area is 76.5 Å². The fourth-order valence-electron chi connectivity index (χ4n) is 0.470. The van der Waals surface area contributed by atoms with Gasteiger partial charge in [0.15, 0.2) is 0 Å². The minimum absolute atomic E-state index is 0. The summed E-state index contributed by atoms with van der Waals surface area (Å²) in [6.07, 6.45) is 0. The van der Waals surface area contributed by atoms with Crippen LogP contribution in [0.3, 0.4) is 0 Å². The molecule has 1 heteroatoms. The van der Waals surface area contributed by atoms with Crippen molar-refractivity contribution in [1.82, 2.24) is 0 Å². The van der Waals surface area contributed by atoms with E-state index in [2.05, 4.69) is 19.1 Å². The van der Waals surface area contributed by atoms with E-state index in [-0.39, 0.29) is 39.3 Å². The maximum absolute atomic E-state index is 2.08. The molecule has 1 rings (SSSR count). The predicted molar refractivity (Wildman–Crippen MR) is 46.0 cm³/mol. The molecule has 0 nitrogen and oxygen atoms in total. The molecule has 0 amide bonds. The van der Waals surface area contributed by atoms with Crippen molar-refractivity contribution in [3.8, 4) is 0 Å². The van der Waals surface area contributed by atoms with Gasteiger partial charge in [0.2, 0.25) is 0 Å². The first-order chi connectivity index (χ1) is 2.89. The second-order valence-electron chi connectivity index (χ2n) is 1.46. The summed E-state index contributed by atoms with van der Waals surface area (Å²) in [6, 6.07) is 8.24. The third kappa shape index (κ3) is 7.87. The van der Waals surface area contributed by atoms with E-state index in [0.717, 1.165) is 0 Å². The Balaban J connectivity index is -0.0000000450. The first-order valence-electron chi connectivity index (χ1n) is 2.08. The average molecular weight is 180 g/mol. The van der Waals surface area contributed by atoms with Gasteiger partial charge in [-0.25, -0.2) is 12.1 Å². The van der Waals surface area contributed by atoms with Gasteiger partial charge in [-0.15, -0.1) is 0 Å². The zero-order valence-corrected chi connectivity index (χ0v) is 8.27. The minimum atomic E-state index is 0. The number of rotatable bonds is 0. The molecule has 0 aliphatic carbocycles. The van der Waals surface area contributed by atoms with E-state index in [9.17, 15) is 0 Å². The fraction of sp³-hybridized carbons (Fsp3) is 0.111. The largest absolute Gasteiger partial charge is 4.00 e. The van der Waals surface area contributed by atoms with Crippen LogP contribution in [0.15, 0.2) is 24.3 Å². The smallest absolute Gasteiger partial charge is 0.358 e. The van der Waals surface area contributed by atoms with Crippen LogP contribution in [0.4, 0.5) is 0 Å². The van der Waals surface area contributed by atoms with E-state index in [1.165, 1.54) is 5.56 Å². The van der Waals surface area contributed by atoms with Crippen molar-refractivity contribution >= 4 is 0 Å². The van der Waals surface area contributed by atoms with Gasteiger partial charge in [0.1, 0.15) is 0 Å². The molecular weight excluding hydrogens is 164 g/mol. The van der Waals surface area contributed by atoms with Gasteiger partial charge in [-0.1, -0.05) is 6.92 Å². The summed E-state index contributed by atoms with van der Waals surface area (Å²) < 4.78 is 0. The van der Waals surface area contributed by atoms with Crippen molar-refractivity contribution in [2.24, 2.45) is 0 Å². The van der Waals surface area contributed by atoms with Gasteiger partial charge in [-0.3, -0.25) is 0 Å². The molecule has 0 heterocycles. The molecule has 0 aliphatic heterocycles. The molecule has 0 unspecified atom stereocenters. The number of hydrogen-bond donors (Lipinski definition) is 0. The molecule has 0 radical (unpaired) electrons. The molecule has 0 saturated carbocycles. The van der Waals surface area contributed by atoms with E-state index in [1.807, 2.05) is 12.1 Å². The van der Waals surface area contributed by atoms with Crippen molar-refractivity contribution in [3.05, 3.63) is 52.1 Å². The Kier molecular flexibility index (Phi) is 26.2. The predicted octanol–water partition coefficient (Wildman–Crippen LogP) is 3.06. The molecule has 10 heavy (non-hydrogen) atoms. The Bertz CT molecular complexity index is 108. The van der Waals surface area contributed by atoms with Crippen molar-refractivity contribution in [2.75, 3.05) is 0 Å². The maximum Gasteiger partial charge on any atom is 4.00 e. The normalized spacial score (nSPS) is 5.30. The second kappa shape index (κ2) is 11.6. The molecule has 0 atom stereocenters. The van der Waals surface area contributed by atoms with Gasteiger partial charge in [0.25, 0.3) is 0 Å². The summed E-state index contributed by atoms with van der Waals surface area (Å²) >= 11 is 0. The first kappa shape index (κ1) is 22.5. The summed E-state index contributed by atoms with van der Waals surface area (Å²) in [5.74, 6) is 0. The number of aryl methyl sites for hydroxylation is 1. The molecule has 0 fully saturated rings. The van der Waals surface area contributed by atoms with Crippen LogP contribution in [-0.4, -0.2) is 0 Å². The molecule has 1 aromatic rings. The van der Waals surface area contributed by atoms with E-state index >= 15 is 0 Å². The topological polar surface area (TPSA) is 0 Å². The van der Waals surface area contributed by atoms with Crippen LogP contribution in [0, 0.1) is 29.2 Å². The third-order valence-electron chi connectivity index (χ3n) is 0.829. The molecule has 0 bridgehead atoms. The van der Waals surface area contributed by atoms with Crippen LogP contribution < -0.4 is 0 Å². The Morgan fingerprint density at radius 3 is 1.30 bits per heavy atom. The van der Waals surface area contributed by atoms with E-state index in [4.69, 9.17) is 0 Å². The quantitative estimate of drug-likeness (QED) is 0.425. The van der Waals surface area contributed by atoms with Crippen molar-refractivity contribution in [2.45, 2.75) is 6.92 Å². The summed E-state index contributed by atoms with van der Waals surface area (Å²) in [4.78, 5) is 0. The monoisotopic (exact) mass is 180 g/mol. The Morgan fingerprint density at radius 2 is 1.20 bits per heavy atom. The molecule has 1 aromatic carbocycles. The van der Waals surface area contributed by atoms with Crippen LogP contribution >= 0.6 is 0 Å². The average Bonchev–Trinajstić information content (AvgIpc) is 1.86. The van der Waals surface area contributed by atoms with E-state index < -0.39 is 0 Å². The fourth-order valence-corrected chi connectivity index (χ4v) is 0.470. The SMILES string of the molecule is C[c-]1cccc1.[CH3-].[CH3-].[CH3-].[Fe+4]. The van der Waals surface area contributed by atoms with Crippen LogP contribution in [0.2, 0.25) is 0 Å². The zero-order valence-electron chi connectivity index (χ0n) is 7.16. The zero-order chi connectivity index (χ0) is 4.41. The summed E-state index contributed by atoms with van der Waals surface area (Å²) in [7, 11) is 0. The molecule has 60 valence electrons. The van der Waals surface area contributed by atoms with Crippen molar-refractivity contribution in [3.63, 3.8) is 0 Å². The van der Waals surface area contributed by atoms with Crippen LogP contribution in [0.5, 0.6) is 0 Å². The third-order valence-corrected chi connectivity index (χ3v) is 0.829. The maximum atomic E-state index is 2.08. The summed E-state index contributed by atoms with van der Waals surface area (Å²) in [5.41, 5.74) is 1.34. The number of hydrogen-bond acceptors (Lipinski definition) is 0. The van der Waals surface area contributed by atoms with Crippen molar-refractivity contribution < 1.29 is 17.1 Å². The summed E-state index contributed by atoms with van der Waals surface area (Å²) in [5, 5.41) is 0. The van der Waals surface area contributed by atoms with Gasteiger partial charge in [0.05, 0.1) is 0 Å². The van der Waals surface area contributed by atoms with Crippen molar-refractivity contribution in [1.29, 1.82) is 0 Å². The molecular formula is C9H16Fe. The molecule has 0 saturated heterocycles. The van der Waals surface area contributed by atoms with Gasteiger partial charge in [-0.05, 0) is 0 Å². The van der Waals surface area contributed by atoms with Crippen LogP contribution in [0.25, 0.3) is 0 Å². The first-order valence-corrected chi connectivity index (χ1v) is 2.08. The van der Waals surface area contributed by atoms with Gasteiger partial charge < -0.3 is 22.3 Å². The Morgan fingerprint density at radius 1 is 0.900 bits per heavy atom. The Hall–Kier alpha value is -0.131. The van der Waals surface area contributed by atoms with E-state index in [0.29, 0.717) is 0 Å². The summed E-state index contributed by atoms with van der Waals surface area (Å²) in [6.45, 7) is 2.08. The van der Waals surface area contributed by atoms with Crippen LogP contribution in [-0.2, 0) is 17.1 Å². The molecule has 0 N–H and O–H groups in total. The van der Waals surface area contributed by atoms with Crippen LogP contribution in [0.1, 0.15) is 5.56 Å². The second-order valence-corrected chi connectivity index (χ2v) is 1.46. The van der Waals surface area contributed by atoms with Gasteiger partial charge in [-0.2, -0.15) is 17.7 Å². The molecule has 0 aliphatic rings.